The lowest BCUT2D eigenvalue weighted by Gasteiger charge is -2.32. The molecule has 0 heterocycles. The summed E-state index contributed by atoms with van der Waals surface area (Å²) in [7, 11) is 1.60. The van der Waals surface area contributed by atoms with Crippen molar-refractivity contribution in [2.75, 3.05) is 19.0 Å². The highest BCUT2D eigenvalue weighted by Crippen LogP contribution is 2.29. The van der Waals surface area contributed by atoms with Crippen LogP contribution in [-0.2, 0) is 4.79 Å². The number of para-hydroxylation sites is 2. The molecule has 116 valence electrons. The Morgan fingerprint density at radius 1 is 1.24 bits per heavy atom. The van der Waals surface area contributed by atoms with E-state index in [0.717, 1.165) is 30.4 Å². The summed E-state index contributed by atoms with van der Waals surface area (Å²) in [6, 6.07) is 7.92. The van der Waals surface area contributed by atoms with Gasteiger partial charge in [-0.15, -0.1) is 0 Å². The third kappa shape index (κ3) is 4.46. The first kappa shape index (κ1) is 15.8. The van der Waals surface area contributed by atoms with Gasteiger partial charge in [-0.2, -0.15) is 0 Å². The summed E-state index contributed by atoms with van der Waals surface area (Å²) in [5, 5.41) is 6.27. The minimum Gasteiger partial charge on any atom is -0.495 e. The maximum absolute atomic E-state index is 12.0. The number of nitrogens with one attached hydrogen (secondary N) is 2. The lowest BCUT2D eigenvalue weighted by molar-refractivity contribution is -0.115. The second kappa shape index (κ2) is 7.46. The van der Waals surface area contributed by atoms with Gasteiger partial charge in [-0.3, -0.25) is 4.79 Å². The highest BCUT2D eigenvalue weighted by Gasteiger charge is 2.24. The average molecular weight is 290 g/mol. The van der Waals surface area contributed by atoms with Gasteiger partial charge in [0.15, 0.2) is 0 Å². The summed E-state index contributed by atoms with van der Waals surface area (Å²) in [5.74, 6) is 2.19. The van der Waals surface area contributed by atoms with Crippen LogP contribution in [0.2, 0.25) is 0 Å². The highest BCUT2D eigenvalue weighted by atomic mass is 16.5. The van der Waals surface area contributed by atoms with Crippen LogP contribution >= 0.6 is 0 Å². The number of hydrogen-bond acceptors (Lipinski definition) is 3. The summed E-state index contributed by atoms with van der Waals surface area (Å²) < 4.78 is 5.23. The van der Waals surface area contributed by atoms with E-state index in [4.69, 9.17) is 4.74 Å². The second-order valence-electron chi connectivity index (χ2n) is 6.09. The van der Waals surface area contributed by atoms with Gasteiger partial charge in [0.1, 0.15) is 5.75 Å². The molecule has 1 saturated carbocycles. The first-order valence-corrected chi connectivity index (χ1v) is 7.76. The van der Waals surface area contributed by atoms with Crippen LogP contribution in [0.3, 0.4) is 0 Å². The number of hydrogen-bond donors (Lipinski definition) is 2. The fraction of sp³-hybridized carbons (Fsp3) is 0.588. The molecule has 0 bridgehead atoms. The van der Waals surface area contributed by atoms with E-state index < -0.39 is 0 Å². The van der Waals surface area contributed by atoms with E-state index in [-0.39, 0.29) is 5.91 Å². The molecule has 3 unspecified atom stereocenters. The van der Waals surface area contributed by atoms with Crippen LogP contribution in [-0.4, -0.2) is 25.6 Å². The van der Waals surface area contributed by atoms with Gasteiger partial charge in [0, 0.05) is 6.04 Å². The molecule has 1 fully saturated rings. The van der Waals surface area contributed by atoms with Crippen LogP contribution in [0.1, 0.15) is 33.1 Å². The second-order valence-corrected chi connectivity index (χ2v) is 6.09. The Bertz CT molecular complexity index is 476. The summed E-state index contributed by atoms with van der Waals surface area (Å²) in [5.41, 5.74) is 0.720. The minimum absolute atomic E-state index is 0.0224. The van der Waals surface area contributed by atoms with E-state index in [9.17, 15) is 4.79 Å². The fourth-order valence-corrected chi connectivity index (χ4v) is 2.91. The molecule has 4 nitrogen and oxygen atoms in total. The Morgan fingerprint density at radius 2 is 2.00 bits per heavy atom. The molecule has 1 amide bonds. The lowest BCUT2D eigenvalue weighted by Crippen LogP contribution is -2.40. The van der Waals surface area contributed by atoms with Crippen molar-refractivity contribution in [1.82, 2.24) is 5.32 Å². The van der Waals surface area contributed by atoms with E-state index in [2.05, 4.69) is 24.5 Å². The Kier molecular flexibility index (Phi) is 5.62. The third-order valence-corrected chi connectivity index (χ3v) is 4.53. The zero-order valence-electron chi connectivity index (χ0n) is 13.2. The maximum Gasteiger partial charge on any atom is 0.238 e. The van der Waals surface area contributed by atoms with Crippen molar-refractivity contribution >= 4 is 11.6 Å². The quantitative estimate of drug-likeness (QED) is 0.876. The van der Waals surface area contributed by atoms with Gasteiger partial charge in [-0.05, 0) is 43.2 Å². The van der Waals surface area contributed by atoms with Gasteiger partial charge in [-0.1, -0.05) is 26.0 Å². The molecule has 1 aliphatic rings. The molecule has 4 heteroatoms. The summed E-state index contributed by atoms with van der Waals surface area (Å²) >= 11 is 0. The zero-order chi connectivity index (χ0) is 15.2. The first-order valence-electron chi connectivity index (χ1n) is 7.76. The standard InChI is InChI=1S/C17H26N2O2/c1-12-8-9-14(10-13(12)2)18-11-17(20)19-15-6-4-5-7-16(15)21-3/h4-7,12-14,18H,8-11H2,1-3H3,(H,19,20). The van der Waals surface area contributed by atoms with Crippen LogP contribution in [0.15, 0.2) is 24.3 Å². The van der Waals surface area contributed by atoms with Gasteiger partial charge in [-0.25, -0.2) is 0 Å². The van der Waals surface area contributed by atoms with E-state index in [0.29, 0.717) is 18.3 Å². The van der Waals surface area contributed by atoms with Gasteiger partial charge in [0.05, 0.1) is 19.3 Å². The normalized spacial score (nSPS) is 25.4. The monoisotopic (exact) mass is 290 g/mol. The minimum atomic E-state index is -0.0224. The largest absolute Gasteiger partial charge is 0.495 e. The van der Waals surface area contributed by atoms with E-state index >= 15 is 0 Å². The molecular formula is C17H26N2O2. The van der Waals surface area contributed by atoms with Gasteiger partial charge in [0.25, 0.3) is 0 Å². The Labute approximate surface area is 127 Å². The number of anilines is 1. The lowest BCUT2D eigenvalue weighted by atomic mass is 9.79. The molecule has 21 heavy (non-hydrogen) atoms. The van der Waals surface area contributed by atoms with Crippen molar-refractivity contribution in [3.05, 3.63) is 24.3 Å². The Hall–Kier alpha value is -1.55. The first-order chi connectivity index (χ1) is 10.1. The Balaban J connectivity index is 1.80. The predicted octanol–water partition coefficient (Wildman–Crippen LogP) is 3.05. The van der Waals surface area contributed by atoms with Crippen LogP contribution in [0, 0.1) is 11.8 Å². The molecule has 0 aromatic heterocycles. The molecule has 0 aliphatic heterocycles. The van der Waals surface area contributed by atoms with E-state index in [1.807, 2.05) is 24.3 Å². The van der Waals surface area contributed by atoms with Crippen LogP contribution in [0.5, 0.6) is 5.75 Å². The average Bonchev–Trinajstić information content (AvgIpc) is 2.49. The highest BCUT2D eigenvalue weighted by molar-refractivity contribution is 5.93. The molecule has 0 saturated heterocycles. The van der Waals surface area contributed by atoms with Crippen LogP contribution in [0.4, 0.5) is 5.69 Å². The number of ether oxygens (including phenoxy) is 1. The van der Waals surface area contributed by atoms with Crippen molar-refractivity contribution in [1.29, 1.82) is 0 Å². The smallest absolute Gasteiger partial charge is 0.238 e. The van der Waals surface area contributed by atoms with Gasteiger partial charge >= 0.3 is 0 Å². The van der Waals surface area contributed by atoms with E-state index in [1.54, 1.807) is 7.11 Å². The predicted molar refractivity (Wildman–Crippen MR) is 85.6 cm³/mol. The number of methoxy groups -OCH3 is 1. The van der Waals surface area contributed by atoms with Crippen LogP contribution in [0.25, 0.3) is 0 Å². The van der Waals surface area contributed by atoms with Crippen molar-refractivity contribution in [2.45, 2.75) is 39.2 Å². The van der Waals surface area contributed by atoms with Crippen molar-refractivity contribution < 1.29 is 9.53 Å². The Morgan fingerprint density at radius 3 is 2.71 bits per heavy atom. The van der Waals surface area contributed by atoms with Gasteiger partial charge in [0.2, 0.25) is 5.91 Å². The number of rotatable bonds is 5. The fourth-order valence-electron chi connectivity index (χ4n) is 2.91. The maximum atomic E-state index is 12.0. The molecule has 1 aliphatic carbocycles. The number of carbonyl (C=O) groups excluding carboxylic acids is 1. The van der Waals surface area contributed by atoms with Crippen molar-refractivity contribution in [2.24, 2.45) is 11.8 Å². The zero-order valence-corrected chi connectivity index (χ0v) is 13.2. The van der Waals surface area contributed by atoms with E-state index in [1.165, 1.54) is 6.42 Å². The molecule has 3 atom stereocenters. The molecule has 0 radical (unpaired) electrons. The van der Waals surface area contributed by atoms with Gasteiger partial charge < -0.3 is 15.4 Å². The number of benzene rings is 1. The number of carbonyl (C=O) groups is 1. The summed E-state index contributed by atoms with van der Waals surface area (Å²) in [6.45, 7) is 4.96. The molecule has 1 aromatic rings. The third-order valence-electron chi connectivity index (χ3n) is 4.53. The van der Waals surface area contributed by atoms with Crippen molar-refractivity contribution in [3.8, 4) is 5.75 Å². The SMILES string of the molecule is COc1ccccc1NC(=O)CNC1CCC(C)C(C)C1. The van der Waals surface area contributed by atoms with Crippen LogP contribution < -0.4 is 15.4 Å². The molecule has 0 spiro atoms. The molecule has 2 N–H and O–H groups in total. The summed E-state index contributed by atoms with van der Waals surface area (Å²) in [6.07, 6.45) is 3.56. The summed E-state index contributed by atoms with van der Waals surface area (Å²) in [4.78, 5) is 12.0. The number of amides is 1. The molecule has 1 aromatic carbocycles. The topological polar surface area (TPSA) is 50.4 Å². The molecule has 2 rings (SSSR count). The van der Waals surface area contributed by atoms with Crippen molar-refractivity contribution in [3.63, 3.8) is 0 Å². The molecular weight excluding hydrogens is 264 g/mol.